The van der Waals surface area contributed by atoms with E-state index in [1.54, 1.807) is 0 Å². The van der Waals surface area contributed by atoms with Crippen molar-refractivity contribution in [1.82, 2.24) is 0 Å². The third kappa shape index (κ3) is 4.20. The van der Waals surface area contributed by atoms with Crippen molar-refractivity contribution >= 4 is 68.6 Å². The fourth-order valence-corrected chi connectivity index (χ4v) is 11.8. The van der Waals surface area contributed by atoms with Crippen LogP contribution in [0.2, 0.25) is 0 Å². The van der Waals surface area contributed by atoms with Crippen LogP contribution in [0.3, 0.4) is 0 Å². The van der Waals surface area contributed by atoms with Crippen LogP contribution in [0.1, 0.15) is 40.7 Å². The molecule has 0 saturated carbocycles. The summed E-state index contributed by atoms with van der Waals surface area (Å²) in [6.07, 6.45) is 6.85. The molecule has 2 heterocycles. The Labute approximate surface area is 311 Å². The summed E-state index contributed by atoms with van der Waals surface area (Å²) in [5, 5.41) is 5.39. The molecule has 0 fully saturated rings. The number of thiophene rings is 2. The maximum absolute atomic E-state index is 2.42. The van der Waals surface area contributed by atoms with Gasteiger partial charge in [-0.1, -0.05) is 158 Å². The van der Waals surface area contributed by atoms with E-state index in [-0.39, 0.29) is 5.41 Å². The van der Waals surface area contributed by atoms with Crippen molar-refractivity contribution in [3.63, 3.8) is 0 Å². The zero-order chi connectivity index (χ0) is 34.4. The van der Waals surface area contributed by atoms with Crippen LogP contribution in [-0.4, -0.2) is 0 Å². The Bertz CT molecular complexity index is 2950. The van der Waals surface area contributed by atoms with Gasteiger partial charge in [-0.15, -0.1) is 22.7 Å². The Kier molecular flexibility index (Phi) is 6.65. The third-order valence-corrected chi connectivity index (χ3v) is 14.2. The minimum atomic E-state index is -0.363. The maximum Gasteiger partial charge on any atom is 0.0676 e. The molecule has 246 valence electrons. The number of aryl methyl sites for hydroxylation is 1. The van der Waals surface area contributed by atoms with E-state index in [0.717, 1.165) is 12.8 Å². The summed E-state index contributed by atoms with van der Waals surface area (Å²) in [7, 11) is 0. The first-order valence-corrected chi connectivity index (χ1v) is 19.9. The van der Waals surface area contributed by atoms with Crippen LogP contribution in [0.15, 0.2) is 169 Å². The highest BCUT2D eigenvalue weighted by Crippen LogP contribution is 2.57. The van der Waals surface area contributed by atoms with E-state index in [1.165, 1.54) is 102 Å². The molecular weight excluding hydrogens is 665 g/mol. The SMILES string of the molecule is Cc1cccc2c1sc1c(-c3ccc(C4(c5ccc(-c6cccc7c6sc6ccccc67)cc5)C5=C(C=CCC5)c5ccccc54)cc3)cccc12. The fourth-order valence-electron chi connectivity index (χ4n) is 9.30. The van der Waals surface area contributed by atoms with Crippen LogP contribution in [0.5, 0.6) is 0 Å². The van der Waals surface area contributed by atoms with Gasteiger partial charge in [-0.25, -0.2) is 0 Å². The Morgan fingerprint density at radius 1 is 0.481 bits per heavy atom. The molecule has 0 nitrogen and oxygen atoms in total. The van der Waals surface area contributed by atoms with Crippen LogP contribution in [0.4, 0.5) is 0 Å². The van der Waals surface area contributed by atoms with Crippen molar-refractivity contribution in [2.45, 2.75) is 25.2 Å². The van der Waals surface area contributed by atoms with Gasteiger partial charge in [0.25, 0.3) is 0 Å². The summed E-state index contributed by atoms with van der Waals surface area (Å²) in [5.41, 5.74) is 14.5. The monoisotopic (exact) mass is 698 g/mol. The van der Waals surface area contributed by atoms with Crippen molar-refractivity contribution < 1.29 is 0 Å². The second-order valence-corrected chi connectivity index (χ2v) is 16.4. The Balaban J connectivity index is 1.09. The van der Waals surface area contributed by atoms with Gasteiger partial charge in [0, 0.05) is 40.3 Å². The van der Waals surface area contributed by atoms with E-state index in [4.69, 9.17) is 0 Å². The molecule has 0 saturated heterocycles. The smallest absolute Gasteiger partial charge is 0.0676 e. The van der Waals surface area contributed by atoms with Gasteiger partial charge in [-0.05, 0) is 87.0 Å². The summed E-state index contributed by atoms with van der Waals surface area (Å²) >= 11 is 3.83. The topological polar surface area (TPSA) is 0 Å². The normalized spacial score (nSPS) is 16.7. The van der Waals surface area contributed by atoms with E-state index in [2.05, 4.69) is 171 Å². The summed E-state index contributed by atoms with van der Waals surface area (Å²) in [6.45, 7) is 2.23. The second kappa shape index (κ2) is 11.5. The molecular formula is C50H34S2. The molecule has 52 heavy (non-hydrogen) atoms. The standard InChI is InChI=1S/C50H34S2/c1-31-11-8-17-42-43-19-10-16-37(49(43)52-47(31)42)33-25-29-35(30-26-33)50(44-20-5-2-12-38(44)39-13-3-6-21-45(39)50)34-27-23-32(24-28-34)36-15-9-18-41-40-14-4-7-22-46(40)51-48(36)41/h2-5,7-20,22-30H,6,21H2,1H3. The first kappa shape index (κ1) is 30.1. The van der Waals surface area contributed by atoms with Crippen molar-refractivity contribution in [2.24, 2.45) is 0 Å². The van der Waals surface area contributed by atoms with E-state index in [9.17, 15) is 0 Å². The summed E-state index contributed by atoms with van der Waals surface area (Å²) in [4.78, 5) is 0. The van der Waals surface area contributed by atoms with Crippen LogP contribution in [-0.2, 0) is 5.41 Å². The molecule has 9 aromatic rings. The van der Waals surface area contributed by atoms with Gasteiger partial charge >= 0.3 is 0 Å². The van der Waals surface area contributed by atoms with Crippen molar-refractivity contribution in [3.8, 4) is 22.3 Å². The van der Waals surface area contributed by atoms with Crippen LogP contribution in [0, 0.1) is 6.92 Å². The minimum Gasteiger partial charge on any atom is -0.135 e. The Morgan fingerprint density at radius 2 is 1.04 bits per heavy atom. The van der Waals surface area contributed by atoms with Crippen LogP contribution >= 0.6 is 22.7 Å². The van der Waals surface area contributed by atoms with Gasteiger partial charge in [-0.2, -0.15) is 0 Å². The van der Waals surface area contributed by atoms with Gasteiger partial charge in [0.05, 0.1) is 5.41 Å². The number of hydrogen-bond acceptors (Lipinski definition) is 2. The lowest BCUT2D eigenvalue weighted by molar-refractivity contribution is 0.697. The minimum absolute atomic E-state index is 0.363. The maximum atomic E-state index is 2.42. The molecule has 0 radical (unpaired) electrons. The predicted molar refractivity (Wildman–Crippen MR) is 226 cm³/mol. The summed E-state index contributed by atoms with van der Waals surface area (Å²) in [5.74, 6) is 0. The molecule has 7 aromatic carbocycles. The highest BCUT2D eigenvalue weighted by Gasteiger charge is 2.47. The molecule has 2 aromatic heterocycles. The van der Waals surface area contributed by atoms with E-state index < -0.39 is 0 Å². The average molecular weight is 699 g/mol. The fraction of sp³-hybridized carbons (Fsp3) is 0.0800. The number of hydrogen-bond donors (Lipinski definition) is 0. The van der Waals surface area contributed by atoms with Crippen molar-refractivity contribution in [3.05, 3.63) is 197 Å². The van der Waals surface area contributed by atoms with Crippen LogP contribution < -0.4 is 0 Å². The van der Waals surface area contributed by atoms with Gasteiger partial charge in [0.15, 0.2) is 0 Å². The van der Waals surface area contributed by atoms with Crippen molar-refractivity contribution in [2.75, 3.05) is 0 Å². The predicted octanol–water partition coefficient (Wildman–Crippen LogP) is 14.5. The molecule has 0 spiro atoms. The first-order valence-electron chi connectivity index (χ1n) is 18.2. The molecule has 11 rings (SSSR count). The lowest BCUT2D eigenvalue weighted by atomic mass is 9.65. The zero-order valence-corrected chi connectivity index (χ0v) is 30.5. The molecule has 2 heteroatoms. The molecule has 2 aliphatic rings. The summed E-state index contributed by atoms with van der Waals surface area (Å²) < 4.78 is 5.46. The van der Waals surface area contributed by atoms with Gasteiger partial charge in [0.2, 0.25) is 0 Å². The molecule has 1 atom stereocenters. The Hall–Kier alpha value is -5.54. The van der Waals surface area contributed by atoms with Crippen molar-refractivity contribution in [1.29, 1.82) is 0 Å². The third-order valence-electron chi connectivity index (χ3n) is 11.6. The number of allylic oxidation sites excluding steroid dienone is 4. The molecule has 0 N–H and O–H groups in total. The zero-order valence-electron chi connectivity index (χ0n) is 28.8. The quantitative estimate of drug-likeness (QED) is 0.172. The summed E-state index contributed by atoms with van der Waals surface area (Å²) in [6, 6.07) is 57.3. The lowest BCUT2D eigenvalue weighted by Gasteiger charge is -2.36. The number of fused-ring (bicyclic) bond motifs is 8. The van der Waals surface area contributed by atoms with Gasteiger partial charge in [-0.3, -0.25) is 0 Å². The van der Waals surface area contributed by atoms with E-state index >= 15 is 0 Å². The molecule has 0 amide bonds. The van der Waals surface area contributed by atoms with Crippen LogP contribution in [0.25, 0.3) is 68.2 Å². The van der Waals surface area contributed by atoms with E-state index in [0.29, 0.717) is 0 Å². The average Bonchev–Trinajstić information content (AvgIpc) is 3.88. The molecule has 0 aliphatic heterocycles. The molecule has 1 unspecified atom stereocenters. The molecule has 0 bridgehead atoms. The van der Waals surface area contributed by atoms with E-state index in [1.807, 2.05) is 22.7 Å². The number of benzene rings is 7. The Morgan fingerprint density at radius 3 is 1.77 bits per heavy atom. The first-order chi connectivity index (χ1) is 25.7. The molecule has 2 aliphatic carbocycles. The highest BCUT2D eigenvalue weighted by atomic mass is 32.1. The second-order valence-electron chi connectivity index (χ2n) is 14.3. The number of rotatable bonds is 4. The largest absolute Gasteiger partial charge is 0.135 e. The lowest BCUT2D eigenvalue weighted by Crippen LogP contribution is -2.30. The van der Waals surface area contributed by atoms with Gasteiger partial charge in [0.1, 0.15) is 0 Å². The van der Waals surface area contributed by atoms with Gasteiger partial charge < -0.3 is 0 Å². The highest BCUT2D eigenvalue weighted by molar-refractivity contribution is 7.26.